The maximum atomic E-state index is 5.32. The van der Waals surface area contributed by atoms with E-state index in [2.05, 4.69) is 27.4 Å². The molecule has 0 spiro atoms. The third kappa shape index (κ3) is 1.64. The van der Waals surface area contributed by atoms with Crippen LogP contribution in [-0.4, -0.2) is 28.2 Å². The van der Waals surface area contributed by atoms with Gasteiger partial charge in [0.05, 0.1) is 16.3 Å². The van der Waals surface area contributed by atoms with Gasteiger partial charge in [0.15, 0.2) is 0 Å². The van der Waals surface area contributed by atoms with E-state index in [4.69, 9.17) is 4.52 Å². The van der Waals surface area contributed by atoms with Crippen LogP contribution < -0.4 is 5.32 Å². The van der Waals surface area contributed by atoms with Crippen LogP contribution in [0.5, 0.6) is 0 Å². The molecule has 6 heteroatoms. The molecule has 2 aromatic heterocycles. The van der Waals surface area contributed by atoms with Crippen molar-refractivity contribution in [1.29, 1.82) is 0 Å². The van der Waals surface area contributed by atoms with Crippen molar-refractivity contribution < 1.29 is 4.52 Å². The van der Waals surface area contributed by atoms with E-state index in [-0.39, 0.29) is 0 Å². The van der Waals surface area contributed by atoms with Gasteiger partial charge in [-0.05, 0) is 12.5 Å². The van der Waals surface area contributed by atoms with Gasteiger partial charge in [0.1, 0.15) is 0 Å². The highest BCUT2D eigenvalue weighted by molar-refractivity contribution is 7.13. The summed E-state index contributed by atoms with van der Waals surface area (Å²) in [7, 11) is 0. The Morgan fingerprint density at radius 1 is 1.50 bits per heavy atom. The van der Waals surface area contributed by atoms with Gasteiger partial charge in [-0.1, -0.05) is 12.1 Å². The van der Waals surface area contributed by atoms with Crippen molar-refractivity contribution in [2.45, 2.75) is 12.8 Å². The highest BCUT2D eigenvalue weighted by Crippen LogP contribution is 2.28. The molecular weight excluding hydrogens is 224 g/mol. The van der Waals surface area contributed by atoms with Gasteiger partial charge in [0, 0.05) is 12.7 Å². The molecule has 0 saturated carbocycles. The predicted molar refractivity (Wildman–Crippen MR) is 60.2 cm³/mol. The van der Waals surface area contributed by atoms with E-state index in [1.54, 1.807) is 11.7 Å². The van der Waals surface area contributed by atoms with Crippen molar-refractivity contribution in [2.75, 3.05) is 13.1 Å². The first-order chi connectivity index (χ1) is 7.84. The minimum Gasteiger partial charge on any atom is -0.339 e. The molecule has 84 valence electrons. The van der Waals surface area contributed by atoms with Gasteiger partial charge in [0.2, 0.25) is 11.7 Å². The summed E-state index contributed by atoms with van der Waals surface area (Å²) >= 11 is 1.52. The maximum absolute atomic E-state index is 5.32. The summed E-state index contributed by atoms with van der Waals surface area (Å²) in [5.74, 6) is 2.28. The molecule has 1 fully saturated rings. The number of nitrogens with zero attached hydrogens (tertiary/aromatic N) is 3. The Hall–Kier alpha value is -1.27. The van der Waals surface area contributed by atoms with Gasteiger partial charge < -0.3 is 9.84 Å². The normalized spacial score (nSPS) is 25.1. The number of aromatic nitrogens is 3. The fourth-order valence-corrected chi connectivity index (χ4v) is 2.50. The van der Waals surface area contributed by atoms with Crippen LogP contribution in [0.4, 0.5) is 0 Å². The Kier molecular flexibility index (Phi) is 2.45. The molecule has 5 nitrogen and oxygen atoms in total. The number of thiazole rings is 1. The molecule has 2 unspecified atom stereocenters. The zero-order valence-corrected chi connectivity index (χ0v) is 9.70. The summed E-state index contributed by atoms with van der Waals surface area (Å²) in [6, 6.07) is 0. The standard InChI is InChI=1S/C10H12N4OS/c1-6-2-11-3-7(6)10-13-9(14-15-10)8-4-12-5-16-8/h4-7,11H,2-3H2,1H3. The molecule has 0 bridgehead atoms. The molecule has 2 aromatic rings. The molecule has 16 heavy (non-hydrogen) atoms. The molecule has 0 aromatic carbocycles. The van der Waals surface area contributed by atoms with Crippen LogP contribution in [-0.2, 0) is 0 Å². The molecule has 0 radical (unpaired) electrons. The molecule has 1 aliphatic heterocycles. The molecule has 0 amide bonds. The topological polar surface area (TPSA) is 63.8 Å². The zero-order valence-electron chi connectivity index (χ0n) is 8.88. The average Bonchev–Trinajstić information content (AvgIpc) is 2.96. The van der Waals surface area contributed by atoms with Crippen LogP contribution in [0, 0.1) is 5.92 Å². The van der Waals surface area contributed by atoms with Crippen molar-refractivity contribution >= 4 is 11.3 Å². The van der Waals surface area contributed by atoms with Crippen LogP contribution in [0.2, 0.25) is 0 Å². The predicted octanol–water partition coefficient (Wildman–Crippen LogP) is 1.52. The van der Waals surface area contributed by atoms with Gasteiger partial charge >= 0.3 is 0 Å². The molecule has 1 aliphatic rings. The lowest BCUT2D eigenvalue weighted by atomic mass is 9.98. The number of nitrogens with one attached hydrogen (secondary N) is 1. The lowest BCUT2D eigenvalue weighted by Crippen LogP contribution is -2.08. The summed E-state index contributed by atoms with van der Waals surface area (Å²) < 4.78 is 5.32. The van der Waals surface area contributed by atoms with E-state index in [9.17, 15) is 0 Å². The smallest absolute Gasteiger partial charge is 0.231 e. The number of hydrogen-bond acceptors (Lipinski definition) is 6. The van der Waals surface area contributed by atoms with E-state index in [1.807, 2.05) is 0 Å². The monoisotopic (exact) mass is 236 g/mol. The Morgan fingerprint density at radius 3 is 3.12 bits per heavy atom. The van der Waals surface area contributed by atoms with Crippen LogP contribution in [0.15, 0.2) is 16.2 Å². The Labute approximate surface area is 96.9 Å². The highest BCUT2D eigenvalue weighted by Gasteiger charge is 2.29. The average molecular weight is 236 g/mol. The molecule has 0 aliphatic carbocycles. The van der Waals surface area contributed by atoms with E-state index >= 15 is 0 Å². The second-order valence-electron chi connectivity index (χ2n) is 4.06. The molecular formula is C10H12N4OS. The SMILES string of the molecule is CC1CNCC1c1nc(-c2cncs2)no1. The van der Waals surface area contributed by atoms with Crippen LogP contribution in [0.3, 0.4) is 0 Å². The summed E-state index contributed by atoms with van der Waals surface area (Å²) in [5, 5.41) is 7.32. The minimum absolute atomic E-state index is 0.342. The van der Waals surface area contributed by atoms with Crippen LogP contribution in [0.25, 0.3) is 10.7 Å². The second-order valence-corrected chi connectivity index (χ2v) is 4.95. The van der Waals surface area contributed by atoms with Gasteiger partial charge in [0.25, 0.3) is 0 Å². The molecule has 3 rings (SSSR count). The molecule has 3 heterocycles. The fraction of sp³-hybridized carbons (Fsp3) is 0.500. The first-order valence-corrected chi connectivity index (χ1v) is 6.16. The quantitative estimate of drug-likeness (QED) is 0.856. The highest BCUT2D eigenvalue weighted by atomic mass is 32.1. The van der Waals surface area contributed by atoms with Crippen molar-refractivity contribution in [1.82, 2.24) is 20.4 Å². The van der Waals surface area contributed by atoms with E-state index in [1.165, 1.54) is 11.3 Å². The summed E-state index contributed by atoms with van der Waals surface area (Å²) in [6.07, 6.45) is 1.76. The second kappa shape index (κ2) is 3.95. The van der Waals surface area contributed by atoms with Crippen molar-refractivity contribution in [3.05, 3.63) is 17.6 Å². The molecule has 1 saturated heterocycles. The summed E-state index contributed by atoms with van der Waals surface area (Å²) in [5.41, 5.74) is 1.77. The van der Waals surface area contributed by atoms with Gasteiger partial charge in [-0.25, -0.2) is 0 Å². The summed E-state index contributed by atoms with van der Waals surface area (Å²) in [4.78, 5) is 9.39. The Bertz CT molecular complexity index is 467. The van der Waals surface area contributed by atoms with Gasteiger partial charge in [-0.3, -0.25) is 4.98 Å². The van der Waals surface area contributed by atoms with Crippen molar-refractivity contribution in [2.24, 2.45) is 5.92 Å². The van der Waals surface area contributed by atoms with Gasteiger partial charge in [-0.2, -0.15) is 4.98 Å². The Balaban J connectivity index is 1.88. The summed E-state index contributed by atoms with van der Waals surface area (Å²) in [6.45, 7) is 4.13. The minimum atomic E-state index is 0.342. The third-order valence-electron chi connectivity index (χ3n) is 2.93. The first-order valence-electron chi connectivity index (χ1n) is 5.28. The lowest BCUT2D eigenvalue weighted by Gasteiger charge is -2.07. The molecule has 2 atom stereocenters. The zero-order chi connectivity index (χ0) is 11.0. The van der Waals surface area contributed by atoms with E-state index in [0.29, 0.717) is 17.7 Å². The lowest BCUT2D eigenvalue weighted by molar-refractivity contribution is 0.340. The Morgan fingerprint density at radius 2 is 2.44 bits per heavy atom. The first kappa shape index (κ1) is 9.92. The number of rotatable bonds is 2. The van der Waals surface area contributed by atoms with E-state index in [0.717, 1.165) is 23.9 Å². The largest absolute Gasteiger partial charge is 0.339 e. The maximum Gasteiger partial charge on any atom is 0.231 e. The van der Waals surface area contributed by atoms with Crippen molar-refractivity contribution in [3.8, 4) is 10.7 Å². The van der Waals surface area contributed by atoms with Crippen LogP contribution >= 0.6 is 11.3 Å². The van der Waals surface area contributed by atoms with Gasteiger partial charge in [-0.15, -0.1) is 11.3 Å². The number of hydrogen-bond donors (Lipinski definition) is 1. The fourth-order valence-electron chi connectivity index (χ4n) is 1.95. The van der Waals surface area contributed by atoms with Crippen LogP contribution in [0.1, 0.15) is 18.7 Å². The third-order valence-corrected chi connectivity index (χ3v) is 3.70. The molecule has 1 N–H and O–H groups in total. The van der Waals surface area contributed by atoms with E-state index < -0.39 is 0 Å². The van der Waals surface area contributed by atoms with Crippen molar-refractivity contribution in [3.63, 3.8) is 0 Å².